The predicted octanol–water partition coefficient (Wildman–Crippen LogP) is 3.49. The number of benzene rings is 1. The maximum atomic E-state index is 12.7. The highest BCUT2D eigenvalue weighted by Gasteiger charge is 2.21. The van der Waals surface area contributed by atoms with E-state index in [0.29, 0.717) is 29.3 Å². The molecular weight excluding hydrogens is 362 g/mol. The third-order valence-electron chi connectivity index (χ3n) is 3.90. The van der Waals surface area contributed by atoms with Gasteiger partial charge in [-0.15, -0.1) is 11.3 Å². The highest BCUT2D eigenvalue weighted by Crippen LogP contribution is 2.25. The van der Waals surface area contributed by atoms with Crippen LogP contribution in [0.15, 0.2) is 58.8 Å². The Morgan fingerprint density at radius 3 is 2.85 bits per heavy atom. The summed E-state index contributed by atoms with van der Waals surface area (Å²) in [6.07, 6.45) is 4.90. The zero-order chi connectivity index (χ0) is 18.6. The van der Waals surface area contributed by atoms with Gasteiger partial charge < -0.3 is 9.84 Å². The first-order valence-electron chi connectivity index (χ1n) is 8.23. The van der Waals surface area contributed by atoms with Gasteiger partial charge in [-0.25, -0.2) is 4.98 Å². The van der Waals surface area contributed by atoms with E-state index in [4.69, 9.17) is 4.52 Å². The number of nitrogens with zero attached hydrogens (tertiary/aromatic N) is 4. The first-order chi connectivity index (χ1) is 13.2. The van der Waals surface area contributed by atoms with E-state index in [2.05, 4.69) is 25.4 Å². The third-order valence-corrected chi connectivity index (χ3v) is 4.81. The van der Waals surface area contributed by atoms with Crippen molar-refractivity contribution in [2.24, 2.45) is 0 Å². The Morgan fingerprint density at radius 1 is 1.22 bits per heavy atom. The summed E-state index contributed by atoms with van der Waals surface area (Å²) in [6.45, 7) is 2.03. The molecule has 0 saturated heterocycles. The molecule has 0 bridgehead atoms. The molecule has 27 heavy (non-hydrogen) atoms. The molecule has 0 radical (unpaired) electrons. The van der Waals surface area contributed by atoms with Gasteiger partial charge in [0.15, 0.2) is 0 Å². The number of aromatic nitrogens is 4. The summed E-state index contributed by atoms with van der Waals surface area (Å²) in [5.41, 5.74) is 3.26. The molecular formula is C19H15N5O2S. The number of carbonyl (C=O) groups excluding carboxylic acids is 1. The summed E-state index contributed by atoms with van der Waals surface area (Å²) in [4.78, 5) is 25.5. The molecule has 0 fully saturated rings. The lowest BCUT2D eigenvalue weighted by atomic mass is 10.1. The smallest absolute Gasteiger partial charge is 0.257 e. The van der Waals surface area contributed by atoms with Crippen LogP contribution in [0.5, 0.6) is 0 Å². The largest absolute Gasteiger partial charge is 0.360 e. The van der Waals surface area contributed by atoms with E-state index >= 15 is 0 Å². The SMILES string of the molecule is Cc1onc(-c2ccccc2)c1C(=O)NCc1csc(-c2cnccn2)n1. The van der Waals surface area contributed by atoms with Crippen LogP contribution in [0.25, 0.3) is 22.0 Å². The maximum Gasteiger partial charge on any atom is 0.257 e. The van der Waals surface area contributed by atoms with Crippen LogP contribution < -0.4 is 5.32 Å². The van der Waals surface area contributed by atoms with E-state index in [9.17, 15) is 4.79 Å². The minimum absolute atomic E-state index is 0.248. The standard InChI is InChI=1S/C19H15N5O2S/c1-12-16(17(24-26-12)13-5-3-2-4-6-13)18(25)22-9-14-11-27-19(23-14)15-10-20-7-8-21-15/h2-8,10-11H,9H2,1H3,(H,22,25). The molecule has 8 heteroatoms. The Kier molecular flexibility index (Phi) is 4.71. The van der Waals surface area contributed by atoms with Crippen molar-refractivity contribution in [2.45, 2.75) is 13.5 Å². The Hall–Kier alpha value is -3.39. The van der Waals surface area contributed by atoms with Crippen molar-refractivity contribution in [1.29, 1.82) is 0 Å². The Bertz CT molecular complexity index is 1060. The topological polar surface area (TPSA) is 93.8 Å². The van der Waals surface area contributed by atoms with Gasteiger partial charge >= 0.3 is 0 Å². The van der Waals surface area contributed by atoms with Crippen LogP contribution in [-0.2, 0) is 6.54 Å². The fourth-order valence-corrected chi connectivity index (χ4v) is 3.39. The van der Waals surface area contributed by atoms with Crippen molar-refractivity contribution in [3.05, 3.63) is 71.3 Å². The summed E-state index contributed by atoms with van der Waals surface area (Å²) < 4.78 is 5.25. The average molecular weight is 377 g/mol. The van der Waals surface area contributed by atoms with Gasteiger partial charge in [0.2, 0.25) is 0 Å². The van der Waals surface area contributed by atoms with Gasteiger partial charge in [0.1, 0.15) is 27.7 Å². The normalized spacial score (nSPS) is 10.7. The zero-order valence-corrected chi connectivity index (χ0v) is 15.2. The fraction of sp³-hybridized carbons (Fsp3) is 0.105. The number of aryl methyl sites for hydroxylation is 1. The summed E-state index contributed by atoms with van der Waals surface area (Å²) in [5, 5.41) is 9.58. The molecule has 0 unspecified atom stereocenters. The van der Waals surface area contributed by atoms with Gasteiger partial charge in [-0.2, -0.15) is 0 Å². The quantitative estimate of drug-likeness (QED) is 0.572. The third kappa shape index (κ3) is 3.61. The van der Waals surface area contributed by atoms with E-state index < -0.39 is 0 Å². The van der Waals surface area contributed by atoms with Crippen molar-refractivity contribution < 1.29 is 9.32 Å². The molecule has 0 aliphatic heterocycles. The van der Waals surface area contributed by atoms with Crippen LogP contribution in [0.2, 0.25) is 0 Å². The highest BCUT2D eigenvalue weighted by molar-refractivity contribution is 7.13. The summed E-state index contributed by atoms with van der Waals surface area (Å²) >= 11 is 1.46. The zero-order valence-electron chi connectivity index (χ0n) is 14.4. The second kappa shape index (κ2) is 7.46. The number of hydrogen-bond donors (Lipinski definition) is 1. The van der Waals surface area contributed by atoms with Gasteiger partial charge in [-0.05, 0) is 6.92 Å². The van der Waals surface area contributed by atoms with Crippen molar-refractivity contribution >= 4 is 17.2 Å². The fourth-order valence-electron chi connectivity index (χ4n) is 2.61. The molecule has 1 aromatic carbocycles. The first-order valence-corrected chi connectivity index (χ1v) is 9.11. The van der Waals surface area contributed by atoms with Crippen LogP contribution >= 0.6 is 11.3 Å². The molecule has 4 aromatic rings. The van der Waals surface area contributed by atoms with Gasteiger partial charge in [-0.1, -0.05) is 35.5 Å². The minimum atomic E-state index is -0.248. The lowest BCUT2D eigenvalue weighted by Crippen LogP contribution is -2.23. The first kappa shape index (κ1) is 17.0. The van der Waals surface area contributed by atoms with Gasteiger partial charge in [0.05, 0.1) is 18.4 Å². The molecule has 0 atom stereocenters. The second-order valence-corrected chi connectivity index (χ2v) is 6.60. The van der Waals surface area contributed by atoms with Crippen LogP contribution in [0.3, 0.4) is 0 Å². The van der Waals surface area contributed by atoms with Crippen LogP contribution in [-0.4, -0.2) is 26.0 Å². The highest BCUT2D eigenvalue weighted by atomic mass is 32.1. The molecule has 7 nitrogen and oxygen atoms in total. The van der Waals surface area contributed by atoms with Crippen molar-refractivity contribution in [2.75, 3.05) is 0 Å². The van der Waals surface area contributed by atoms with Crippen molar-refractivity contribution in [1.82, 2.24) is 25.4 Å². The van der Waals surface area contributed by atoms with E-state index in [1.54, 1.807) is 25.5 Å². The molecule has 0 aliphatic rings. The molecule has 4 rings (SSSR count). The van der Waals surface area contributed by atoms with E-state index in [-0.39, 0.29) is 5.91 Å². The number of carbonyl (C=O) groups is 1. The molecule has 0 saturated carbocycles. The Morgan fingerprint density at radius 2 is 2.07 bits per heavy atom. The van der Waals surface area contributed by atoms with Crippen LogP contribution in [0, 0.1) is 6.92 Å². The number of thiazole rings is 1. The Balaban J connectivity index is 1.50. The van der Waals surface area contributed by atoms with Crippen LogP contribution in [0.1, 0.15) is 21.8 Å². The van der Waals surface area contributed by atoms with E-state index in [0.717, 1.165) is 16.3 Å². The predicted molar refractivity (Wildman–Crippen MR) is 101 cm³/mol. The monoisotopic (exact) mass is 377 g/mol. The second-order valence-electron chi connectivity index (χ2n) is 5.75. The molecule has 0 aliphatic carbocycles. The minimum Gasteiger partial charge on any atom is -0.360 e. The van der Waals surface area contributed by atoms with E-state index in [1.807, 2.05) is 35.7 Å². The van der Waals surface area contributed by atoms with Gasteiger partial charge in [0, 0.05) is 23.3 Å². The lowest BCUT2D eigenvalue weighted by Gasteiger charge is -2.04. The van der Waals surface area contributed by atoms with Crippen molar-refractivity contribution in [3.8, 4) is 22.0 Å². The Labute approximate surface area is 159 Å². The lowest BCUT2D eigenvalue weighted by molar-refractivity contribution is 0.0949. The summed E-state index contributed by atoms with van der Waals surface area (Å²) in [5.74, 6) is 0.228. The van der Waals surface area contributed by atoms with Gasteiger partial charge in [-0.3, -0.25) is 14.8 Å². The average Bonchev–Trinajstić information content (AvgIpc) is 3.34. The molecule has 3 aromatic heterocycles. The molecule has 3 heterocycles. The summed E-state index contributed by atoms with van der Waals surface area (Å²) in [7, 11) is 0. The van der Waals surface area contributed by atoms with Crippen LogP contribution in [0.4, 0.5) is 0 Å². The number of rotatable bonds is 5. The molecule has 134 valence electrons. The number of nitrogens with one attached hydrogen (secondary N) is 1. The number of hydrogen-bond acceptors (Lipinski definition) is 7. The molecule has 0 spiro atoms. The molecule has 1 amide bonds. The molecule has 1 N–H and O–H groups in total. The summed E-state index contributed by atoms with van der Waals surface area (Å²) in [6, 6.07) is 9.48. The van der Waals surface area contributed by atoms with E-state index in [1.165, 1.54) is 11.3 Å². The maximum absolute atomic E-state index is 12.7. The van der Waals surface area contributed by atoms with Gasteiger partial charge in [0.25, 0.3) is 5.91 Å². The number of amides is 1. The van der Waals surface area contributed by atoms with Crippen molar-refractivity contribution in [3.63, 3.8) is 0 Å².